The second-order valence-electron chi connectivity index (χ2n) is 15.1. The Labute approximate surface area is 328 Å². The molecule has 14 nitrogen and oxygen atoms in total. The zero-order chi connectivity index (χ0) is 42.0. The highest BCUT2D eigenvalue weighted by Crippen LogP contribution is 2.55. The summed E-state index contributed by atoms with van der Waals surface area (Å²) in [4.78, 5) is 42.3. The van der Waals surface area contributed by atoms with Crippen LogP contribution in [0.3, 0.4) is 0 Å². The summed E-state index contributed by atoms with van der Waals surface area (Å²) in [6.07, 6.45) is 3.69. The average molecular weight is 783 g/mol. The Balaban J connectivity index is 1.98. The lowest BCUT2D eigenvalue weighted by atomic mass is 9.78. The number of aromatic hydroxyl groups is 3. The Morgan fingerprint density at radius 3 is 2.16 bits per heavy atom. The van der Waals surface area contributed by atoms with Crippen LogP contribution in [0.25, 0.3) is 10.8 Å². The first kappa shape index (κ1) is 44.1. The van der Waals surface area contributed by atoms with E-state index in [1.165, 1.54) is 46.3 Å². The van der Waals surface area contributed by atoms with Gasteiger partial charge in [0.15, 0.2) is 5.75 Å². The van der Waals surface area contributed by atoms with Gasteiger partial charge < -0.3 is 49.8 Å². The number of ketones is 1. The van der Waals surface area contributed by atoms with E-state index in [9.17, 15) is 39.9 Å². The van der Waals surface area contributed by atoms with E-state index in [1.807, 2.05) is 18.7 Å². The fraction of sp³-hybridized carbons (Fsp3) is 0.548. The maximum absolute atomic E-state index is 14.4. The van der Waals surface area contributed by atoms with Crippen molar-refractivity contribution in [2.45, 2.75) is 106 Å². The quantitative estimate of drug-likeness (QED) is 0.120. The minimum absolute atomic E-state index is 0.0541. The molecule has 2 aromatic rings. The van der Waals surface area contributed by atoms with Gasteiger partial charge in [0.2, 0.25) is 0 Å². The predicted octanol–water partition coefficient (Wildman–Crippen LogP) is 5.60. The molecule has 0 saturated carbocycles. The number of aliphatic hydroxyl groups excluding tert-OH is 2. The number of nitrogens with zero attached hydrogens (tertiary/aromatic N) is 1. The number of methoxy groups -OCH3 is 1. The van der Waals surface area contributed by atoms with Gasteiger partial charge in [-0.3, -0.25) is 19.3 Å². The van der Waals surface area contributed by atoms with E-state index < -0.39 is 88.8 Å². The molecule has 56 heavy (non-hydrogen) atoms. The molecule has 0 radical (unpaired) electrons. The molecule has 9 atom stereocenters. The normalized spacial score (nSPS) is 31.1. The van der Waals surface area contributed by atoms with Crippen LogP contribution in [0.1, 0.15) is 83.8 Å². The zero-order valence-corrected chi connectivity index (χ0v) is 34.2. The van der Waals surface area contributed by atoms with Crippen LogP contribution >= 0.6 is 0 Å². The predicted molar refractivity (Wildman–Crippen MR) is 210 cm³/mol. The molecule has 308 valence electrons. The van der Waals surface area contributed by atoms with Crippen molar-refractivity contribution in [1.82, 2.24) is 4.90 Å². The summed E-state index contributed by atoms with van der Waals surface area (Å²) in [5, 5.41) is 60.5. The number of benzene rings is 2. The number of esters is 1. The minimum Gasteiger partial charge on any atom is -0.507 e. The first-order chi connectivity index (χ1) is 26.3. The number of amides is 1. The van der Waals surface area contributed by atoms with Gasteiger partial charge >= 0.3 is 11.8 Å². The van der Waals surface area contributed by atoms with Gasteiger partial charge in [-0.05, 0) is 33.0 Å². The maximum atomic E-state index is 14.4. The molecule has 2 aromatic carbocycles. The van der Waals surface area contributed by atoms with Gasteiger partial charge in [0.05, 0.1) is 41.2 Å². The topological polar surface area (TPSA) is 205 Å². The number of fused-ring (bicyclic) bond motifs is 14. The van der Waals surface area contributed by atoms with Gasteiger partial charge in [0.1, 0.15) is 23.4 Å². The van der Waals surface area contributed by atoms with E-state index in [0.717, 1.165) is 0 Å². The van der Waals surface area contributed by atoms with E-state index in [-0.39, 0.29) is 51.0 Å². The number of ether oxygens (including phenoxy) is 4. The number of carbonyl (C=O) groups is 3. The molecule has 6 N–H and O–H groups in total. The molecule has 5 rings (SSSR count). The number of carbonyl (C=O) groups excluding carboxylic acids is 3. The number of nitrogens with one attached hydrogen (secondary N) is 1. The number of aliphatic hydroxyl groups is 2. The second kappa shape index (κ2) is 17.7. The molecule has 14 heteroatoms. The Morgan fingerprint density at radius 2 is 1.57 bits per heavy atom. The number of phenolic OH excluding ortho intramolecular Hbond substituents is 3. The third kappa shape index (κ3) is 8.38. The van der Waals surface area contributed by atoms with E-state index in [0.29, 0.717) is 13.1 Å². The number of hydrogen-bond donors (Lipinski definition) is 6. The lowest BCUT2D eigenvalue weighted by molar-refractivity contribution is -0.160. The van der Waals surface area contributed by atoms with Crippen LogP contribution < -0.4 is 10.1 Å². The van der Waals surface area contributed by atoms with Crippen molar-refractivity contribution in [3.05, 3.63) is 52.8 Å². The van der Waals surface area contributed by atoms with Crippen LogP contribution in [0.2, 0.25) is 0 Å². The molecule has 0 saturated heterocycles. The van der Waals surface area contributed by atoms with Crippen molar-refractivity contribution < 1.29 is 58.9 Å². The highest BCUT2D eigenvalue weighted by atomic mass is 16.7. The summed E-state index contributed by atoms with van der Waals surface area (Å²) >= 11 is 0. The van der Waals surface area contributed by atoms with Gasteiger partial charge in [0.25, 0.3) is 11.7 Å². The summed E-state index contributed by atoms with van der Waals surface area (Å²) in [6.45, 7) is 17.6. The highest BCUT2D eigenvalue weighted by Gasteiger charge is 2.50. The molecule has 3 heterocycles. The van der Waals surface area contributed by atoms with Crippen LogP contribution in [0.5, 0.6) is 23.0 Å². The molecule has 0 aromatic heterocycles. The first-order valence-corrected chi connectivity index (χ1v) is 19.0. The Bertz CT molecular complexity index is 1920. The first-order valence-electron chi connectivity index (χ1n) is 19.0. The molecule has 3 aliphatic heterocycles. The third-order valence-corrected chi connectivity index (χ3v) is 11.4. The molecule has 0 fully saturated rings. The number of Topliss-reactive ketones (excluding diaryl/α,β-unsaturated/α-hetero) is 1. The van der Waals surface area contributed by atoms with Crippen molar-refractivity contribution >= 4 is 34.1 Å². The molecule has 5 bridgehead atoms. The number of anilines is 1. The summed E-state index contributed by atoms with van der Waals surface area (Å²) in [5.74, 6) is -7.91. The van der Waals surface area contributed by atoms with Crippen LogP contribution in [-0.2, 0) is 30.3 Å². The van der Waals surface area contributed by atoms with Crippen LogP contribution in [0.4, 0.5) is 5.69 Å². The summed E-state index contributed by atoms with van der Waals surface area (Å²) in [6, 6.07) is 0. The third-order valence-electron chi connectivity index (χ3n) is 11.4. The molecule has 0 spiro atoms. The smallest absolute Gasteiger partial charge is 0.312 e. The van der Waals surface area contributed by atoms with Gasteiger partial charge in [-0.25, -0.2) is 0 Å². The molecule has 0 unspecified atom stereocenters. The van der Waals surface area contributed by atoms with Crippen molar-refractivity contribution in [2.24, 2.45) is 23.7 Å². The molecule has 3 aliphatic rings. The van der Waals surface area contributed by atoms with Gasteiger partial charge in [-0.2, -0.15) is 0 Å². The summed E-state index contributed by atoms with van der Waals surface area (Å²) < 4.78 is 23.6. The van der Waals surface area contributed by atoms with Gasteiger partial charge in [0, 0.05) is 73.3 Å². The summed E-state index contributed by atoms with van der Waals surface area (Å²) in [5.41, 5.74) is 0.117. The van der Waals surface area contributed by atoms with E-state index >= 15 is 0 Å². The fourth-order valence-corrected chi connectivity index (χ4v) is 7.61. The molecule has 1 amide bonds. The zero-order valence-electron chi connectivity index (χ0n) is 34.2. The Morgan fingerprint density at radius 1 is 0.929 bits per heavy atom. The molecular weight excluding hydrogens is 724 g/mol. The summed E-state index contributed by atoms with van der Waals surface area (Å²) in [7, 11) is 1.44. The minimum atomic E-state index is -2.01. The Hall–Kier alpha value is -4.63. The molecule has 0 aliphatic carbocycles. The average Bonchev–Trinajstić information content (AvgIpc) is 3.43. The van der Waals surface area contributed by atoms with Gasteiger partial charge in [-0.1, -0.05) is 59.8 Å². The van der Waals surface area contributed by atoms with Crippen molar-refractivity contribution in [1.29, 1.82) is 0 Å². The monoisotopic (exact) mass is 782 g/mol. The lowest BCUT2D eigenvalue weighted by Crippen LogP contribution is -2.46. The maximum Gasteiger partial charge on any atom is 0.312 e. The van der Waals surface area contributed by atoms with E-state index in [4.69, 9.17) is 18.9 Å². The number of rotatable bonds is 6. The largest absolute Gasteiger partial charge is 0.507 e. The highest BCUT2D eigenvalue weighted by molar-refractivity contribution is 6.22. The van der Waals surface area contributed by atoms with Crippen LogP contribution in [0, 0.1) is 30.6 Å². The fourth-order valence-electron chi connectivity index (χ4n) is 7.61. The van der Waals surface area contributed by atoms with E-state index in [2.05, 4.69) is 5.32 Å². The SMILES string of the molecule is CCN(CC)Cc1c2c(O)c3c(O)c(C)c4c(c3c1O)C(=O)[C@@](C)(O/C=C/[C@H](OC)[C@@H](C)[C@@H](OC(C)=O)[C@H](C)[C@@H](O)[C@H](C)[C@@H](O)[C@H](C)/C=C/C=C(/C)C(=O)N2)O4. The van der Waals surface area contributed by atoms with Crippen molar-refractivity contribution in [2.75, 3.05) is 25.5 Å². The van der Waals surface area contributed by atoms with E-state index in [1.54, 1.807) is 46.8 Å². The number of hydrogen-bond acceptors (Lipinski definition) is 13. The second-order valence-corrected chi connectivity index (χ2v) is 15.1. The van der Waals surface area contributed by atoms with Crippen LogP contribution in [0.15, 0.2) is 36.1 Å². The standard InChI is InChI=1S/C42H58N2O12/c1-12-44(13-2)19-27-32-37(50)30-29(36(27)49)31-39(25(8)35(30)48)56-42(10,40(31)51)54-18-17-28(53-11)22(5)38(55-26(9)45)24(7)34(47)23(6)33(46)20(3)15-14-16-21(4)41(52)43-32/h14-18,20,22-24,28,33-34,38,46-50H,12-13,19H2,1-11H3,(H,43,52)/b15-14+,18-17+,21-16-/t20-,22-,23-,24-,28+,33+,34+,38-,42+/m1/s1. The van der Waals surface area contributed by atoms with Crippen molar-refractivity contribution in [3.63, 3.8) is 0 Å². The molecular formula is C42H58N2O12. The van der Waals surface area contributed by atoms with Crippen molar-refractivity contribution in [3.8, 4) is 23.0 Å². The lowest BCUT2D eigenvalue weighted by Gasteiger charge is -2.38. The Kier molecular flexibility index (Phi) is 13.9. The number of phenols is 3. The number of allylic oxidation sites excluding steroid dienone is 2. The van der Waals surface area contributed by atoms with Crippen LogP contribution in [-0.4, -0.2) is 98.5 Å². The van der Waals surface area contributed by atoms with Gasteiger partial charge in [-0.15, -0.1) is 0 Å².